The molecule has 1 aromatic carbocycles. The molecule has 1 aromatic rings. The van der Waals surface area contributed by atoms with Crippen LogP contribution in [0.2, 0.25) is 0 Å². The fraction of sp³-hybridized carbons (Fsp3) is 0.667. The molecule has 1 aliphatic heterocycles. The molecule has 2 saturated carbocycles. The van der Waals surface area contributed by atoms with Crippen LogP contribution in [0.1, 0.15) is 56.1 Å². The van der Waals surface area contributed by atoms with E-state index in [2.05, 4.69) is 4.90 Å². The summed E-state index contributed by atoms with van der Waals surface area (Å²) in [4.78, 5) is 14.9. The maximum Gasteiger partial charge on any atom is 0.134 e. The highest BCUT2D eigenvalue weighted by Gasteiger charge is 2.64. The molecule has 1 heterocycles. The van der Waals surface area contributed by atoms with E-state index in [0.717, 1.165) is 37.4 Å². The van der Waals surface area contributed by atoms with Gasteiger partial charge in [-0.3, -0.25) is 9.69 Å². The van der Waals surface area contributed by atoms with Gasteiger partial charge >= 0.3 is 0 Å². The second-order valence-electron chi connectivity index (χ2n) is 8.83. The maximum absolute atomic E-state index is 12.4. The molecule has 0 spiro atoms. The number of fused-ring (bicyclic) bond motifs is 1. The fourth-order valence-electron chi connectivity index (χ4n) is 6.11. The lowest BCUT2D eigenvalue weighted by Gasteiger charge is -2.63. The van der Waals surface area contributed by atoms with Crippen molar-refractivity contribution >= 4 is 5.78 Å². The Hall–Kier alpha value is -1.39. The Balaban J connectivity index is 1.61. The first-order valence-corrected chi connectivity index (χ1v) is 9.82. The molecule has 1 saturated heterocycles. The predicted octanol–water partition coefficient (Wildman–Crippen LogP) is 2.54. The van der Waals surface area contributed by atoms with E-state index in [1.807, 2.05) is 12.1 Å². The standard InChI is InChI=1S/C21H27NO3/c23-16-5-4-15-10-19-21(25)7-6-17(24)12-20(21,18(15)11-16)8-9-22(19)13-14-2-1-3-14/h4-5,11,14,19,23,25H,1-3,6-10,12-13H2/t19-,20-,21+/m0/s1. The van der Waals surface area contributed by atoms with Crippen LogP contribution in [0.3, 0.4) is 0 Å². The topological polar surface area (TPSA) is 60.8 Å². The zero-order valence-corrected chi connectivity index (χ0v) is 14.7. The van der Waals surface area contributed by atoms with Crippen molar-refractivity contribution in [2.45, 2.75) is 68.4 Å². The van der Waals surface area contributed by atoms with Crippen molar-refractivity contribution in [2.24, 2.45) is 5.92 Å². The van der Waals surface area contributed by atoms with Gasteiger partial charge in [0.25, 0.3) is 0 Å². The highest BCUT2D eigenvalue weighted by molar-refractivity contribution is 5.82. The Morgan fingerprint density at radius 1 is 1.24 bits per heavy atom. The van der Waals surface area contributed by atoms with E-state index < -0.39 is 11.0 Å². The highest BCUT2D eigenvalue weighted by atomic mass is 16.3. The maximum atomic E-state index is 12.4. The summed E-state index contributed by atoms with van der Waals surface area (Å²) in [6.45, 7) is 2.04. The number of nitrogens with zero attached hydrogens (tertiary/aromatic N) is 1. The molecule has 2 bridgehead atoms. The van der Waals surface area contributed by atoms with E-state index in [0.29, 0.717) is 19.3 Å². The van der Waals surface area contributed by atoms with Gasteiger partial charge < -0.3 is 10.2 Å². The van der Waals surface area contributed by atoms with E-state index in [1.165, 1.54) is 24.8 Å². The van der Waals surface area contributed by atoms with Crippen LogP contribution in [0.4, 0.5) is 0 Å². The van der Waals surface area contributed by atoms with E-state index >= 15 is 0 Å². The van der Waals surface area contributed by atoms with Crippen molar-refractivity contribution in [3.63, 3.8) is 0 Å². The number of benzene rings is 1. The van der Waals surface area contributed by atoms with E-state index in [4.69, 9.17) is 0 Å². The van der Waals surface area contributed by atoms with Crippen LogP contribution in [0.15, 0.2) is 18.2 Å². The van der Waals surface area contributed by atoms with Crippen LogP contribution in [0.25, 0.3) is 0 Å². The molecular formula is C21H27NO3. The average Bonchev–Trinajstić information content (AvgIpc) is 2.54. The SMILES string of the molecule is O=C1CC[C@@]2(O)[C@@H]3Cc4ccc(O)cc4[C@]2(CCN3CC2CCC2)C1. The van der Waals surface area contributed by atoms with Gasteiger partial charge in [0.15, 0.2) is 0 Å². The monoisotopic (exact) mass is 341 g/mol. The molecular weight excluding hydrogens is 314 g/mol. The quantitative estimate of drug-likeness (QED) is 0.868. The molecule has 25 heavy (non-hydrogen) atoms. The number of aliphatic hydroxyl groups is 1. The van der Waals surface area contributed by atoms with Crippen molar-refractivity contribution in [3.05, 3.63) is 29.3 Å². The van der Waals surface area contributed by atoms with Crippen LogP contribution >= 0.6 is 0 Å². The summed E-state index contributed by atoms with van der Waals surface area (Å²) in [7, 11) is 0. The summed E-state index contributed by atoms with van der Waals surface area (Å²) in [5.41, 5.74) is 0.891. The molecule has 4 aliphatic rings. The summed E-state index contributed by atoms with van der Waals surface area (Å²) in [5.74, 6) is 1.28. The third kappa shape index (κ3) is 2.10. The van der Waals surface area contributed by atoms with Crippen LogP contribution < -0.4 is 0 Å². The number of carbonyl (C=O) groups excluding carboxylic acids is 1. The van der Waals surface area contributed by atoms with Gasteiger partial charge in [0, 0.05) is 30.8 Å². The molecule has 0 radical (unpaired) electrons. The first kappa shape index (κ1) is 15.8. The van der Waals surface area contributed by atoms with E-state index in [1.54, 1.807) is 6.07 Å². The number of aromatic hydroxyl groups is 1. The highest BCUT2D eigenvalue weighted by Crippen LogP contribution is 2.58. The number of phenols is 1. The number of piperidine rings is 1. The second-order valence-corrected chi connectivity index (χ2v) is 8.83. The Kier molecular flexibility index (Phi) is 3.36. The van der Waals surface area contributed by atoms with Gasteiger partial charge in [-0.1, -0.05) is 12.5 Å². The van der Waals surface area contributed by atoms with Crippen molar-refractivity contribution < 1.29 is 15.0 Å². The van der Waals surface area contributed by atoms with Crippen molar-refractivity contribution in [1.82, 2.24) is 4.90 Å². The van der Waals surface area contributed by atoms with E-state index in [-0.39, 0.29) is 17.6 Å². The minimum absolute atomic E-state index is 0.104. The van der Waals surface area contributed by atoms with Crippen molar-refractivity contribution in [3.8, 4) is 5.75 Å². The molecule has 2 N–H and O–H groups in total. The number of hydrogen-bond acceptors (Lipinski definition) is 4. The Morgan fingerprint density at radius 2 is 2.08 bits per heavy atom. The molecule has 5 rings (SSSR count). The molecule has 3 aliphatic carbocycles. The summed E-state index contributed by atoms with van der Waals surface area (Å²) in [5, 5.41) is 22.0. The van der Waals surface area contributed by atoms with Gasteiger partial charge in [0.05, 0.1) is 5.60 Å². The minimum Gasteiger partial charge on any atom is -0.508 e. The van der Waals surface area contributed by atoms with Gasteiger partial charge in [-0.05, 0) is 67.8 Å². The Labute approximate surface area is 148 Å². The van der Waals surface area contributed by atoms with Crippen LogP contribution in [0, 0.1) is 5.92 Å². The molecule has 3 atom stereocenters. The minimum atomic E-state index is -0.844. The number of phenolic OH excluding ortho intramolecular Hbond substituents is 1. The largest absolute Gasteiger partial charge is 0.508 e. The van der Waals surface area contributed by atoms with Gasteiger partial charge in [-0.25, -0.2) is 0 Å². The lowest BCUT2D eigenvalue weighted by atomic mass is 9.49. The third-order valence-corrected chi connectivity index (χ3v) is 7.67. The van der Waals surface area contributed by atoms with Crippen molar-refractivity contribution in [2.75, 3.05) is 13.1 Å². The molecule has 4 nitrogen and oxygen atoms in total. The lowest BCUT2D eigenvalue weighted by Crippen LogP contribution is -2.73. The van der Waals surface area contributed by atoms with Crippen molar-refractivity contribution in [1.29, 1.82) is 0 Å². The zero-order valence-electron chi connectivity index (χ0n) is 14.7. The third-order valence-electron chi connectivity index (χ3n) is 7.67. The van der Waals surface area contributed by atoms with Gasteiger partial charge in [-0.15, -0.1) is 0 Å². The van der Waals surface area contributed by atoms with Crippen LogP contribution in [-0.4, -0.2) is 45.6 Å². The normalized spacial score (nSPS) is 38.0. The number of hydrogen-bond donors (Lipinski definition) is 2. The van der Waals surface area contributed by atoms with Crippen LogP contribution in [0.5, 0.6) is 5.75 Å². The lowest BCUT2D eigenvalue weighted by molar-refractivity contribution is -0.174. The van der Waals surface area contributed by atoms with E-state index in [9.17, 15) is 15.0 Å². The number of Topliss-reactive ketones (excluding diaryl/α,β-unsaturated/α-hetero) is 1. The summed E-state index contributed by atoms with van der Waals surface area (Å²) in [6.07, 6.45) is 7.09. The summed E-state index contributed by atoms with van der Waals surface area (Å²) in [6, 6.07) is 5.67. The Bertz CT molecular complexity index is 728. The number of ketones is 1. The Morgan fingerprint density at radius 3 is 2.84 bits per heavy atom. The molecule has 0 unspecified atom stereocenters. The smallest absolute Gasteiger partial charge is 0.134 e. The predicted molar refractivity (Wildman–Crippen MR) is 94.6 cm³/mol. The van der Waals surface area contributed by atoms with Crippen LogP contribution in [-0.2, 0) is 16.6 Å². The zero-order chi connectivity index (χ0) is 17.2. The molecule has 134 valence electrons. The van der Waals surface area contributed by atoms with Gasteiger partial charge in [0.2, 0.25) is 0 Å². The molecule has 3 fully saturated rings. The molecule has 4 heteroatoms. The van der Waals surface area contributed by atoms with Gasteiger partial charge in [0.1, 0.15) is 11.5 Å². The molecule has 0 amide bonds. The number of rotatable bonds is 2. The summed E-state index contributed by atoms with van der Waals surface area (Å²) >= 11 is 0. The fourth-order valence-corrected chi connectivity index (χ4v) is 6.11. The number of likely N-dealkylation sites (tertiary alicyclic amines) is 1. The second kappa shape index (κ2) is 5.31. The average molecular weight is 341 g/mol. The number of carbonyl (C=O) groups is 1. The van der Waals surface area contributed by atoms with Gasteiger partial charge in [-0.2, -0.15) is 0 Å². The first-order chi connectivity index (χ1) is 12.0. The summed E-state index contributed by atoms with van der Waals surface area (Å²) < 4.78 is 0. The molecule has 0 aromatic heterocycles. The first-order valence-electron chi connectivity index (χ1n) is 9.82.